The summed E-state index contributed by atoms with van der Waals surface area (Å²) in [6, 6.07) is 0.142. The smallest absolute Gasteiger partial charge is 0.322 e. The molecule has 0 atom stereocenters. The monoisotopic (exact) mass is 214 g/mol. The molecule has 0 bridgehead atoms. The molecule has 0 saturated heterocycles. The third-order valence-corrected chi connectivity index (χ3v) is 1.53. The summed E-state index contributed by atoms with van der Waals surface area (Å²) < 4.78 is 5.19. The van der Waals surface area contributed by atoms with Gasteiger partial charge in [-0.15, -0.1) is 6.58 Å². The van der Waals surface area contributed by atoms with Crippen LogP contribution in [0.25, 0.3) is 0 Å². The number of hydrogen-bond donors (Lipinski definition) is 1. The number of halogens is 1. The zero-order chi connectivity index (χ0) is 10.6. The van der Waals surface area contributed by atoms with E-state index in [0.717, 1.165) is 12.0 Å². The van der Waals surface area contributed by atoms with Crippen LogP contribution in [-0.2, 0) is 0 Å². The van der Waals surface area contributed by atoms with Gasteiger partial charge in [-0.1, -0.05) is 5.57 Å². The lowest BCUT2D eigenvalue weighted by molar-refractivity contribution is 0.295. The third-order valence-electron chi connectivity index (χ3n) is 1.36. The molecular weight excluding hydrogens is 204 g/mol. The first-order chi connectivity index (χ1) is 6.58. The van der Waals surface area contributed by atoms with E-state index in [0.29, 0.717) is 6.61 Å². The van der Waals surface area contributed by atoms with E-state index in [4.69, 9.17) is 22.1 Å². The third kappa shape index (κ3) is 3.57. The number of nitrogen functional groups attached to an aromatic ring is 1. The molecule has 6 heteroatoms. The van der Waals surface area contributed by atoms with E-state index < -0.39 is 0 Å². The number of aromatic nitrogens is 3. The molecule has 0 saturated carbocycles. The Balaban J connectivity index is 2.54. The van der Waals surface area contributed by atoms with Gasteiger partial charge in [-0.25, -0.2) is 0 Å². The Bertz CT molecular complexity index is 322. The molecule has 0 unspecified atom stereocenters. The molecule has 0 fully saturated rings. The topological polar surface area (TPSA) is 73.9 Å². The maximum Gasteiger partial charge on any atom is 0.322 e. The zero-order valence-electron chi connectivity index (χ0n) is 7.83. The van der Waals surface area contributed by atoms with Crippen molar-refractivity contribution in [3.63, 3.8) is 0 Å². The van der Waals surface area contributed by atoms with Crippen molar-refractivity contribution in [3.8, 4) is 6.01 Å². The molecule has 5 nitrogen and oxygen atoms in total. The molecule has 1 rings (SSSR count). The van der Waals surface area contributed by atoms with Gasteiger partial charge in [0.25, 0.3) is 0 Å². The van der Waals surface area contributed by atoms with Crippen LogP contribution < -0.4 is 10.5 Å². The fraction of sp³-hybridized carbons (Fsp3) is 0.375. The van der Waals surface area contributed by atoms with E-state index in [-0.39, 0.29) is 17.2 Å². The molecule has 14 heavy (non-hydrogen) atoms. The van der Waals surface area contributed by atoms with E-state index >= 15 is 0 Å². The number of nitrogens with zero attached hydrogens (tertiary/aromatic N) is 3. The van der Waals surface area contributed by atoms with Gasteiger partial charge in [0.2, 0.25) is 11.2 Å². The fourth-order valence-electron chi connectivity index (χ4n) is 0.728. The lowest BCUT2D eigenvalue weighted by atomic mass is 10.3. The summed E-state index contributed by atoms with van der Waals surface area (Å²) in [5, 5.41) is 0.0304. The summed E-state index contributed by atoms with van der Waals surface area (Å²) in [4.78, 5) is 11.1. The van der Waals surface area contributed by atoms with Gasteiger partial charge in [0.1, 0.15) is 0 Å². The molecule has 1 heterocycles. The SMILES string of the molecule is C=C(C)CCOc1nc(N)nc(Cl)n1. The van der Waals surface area contributed by atoms with E-state index in [1.165, 1.54) is 0 Å². The molecule has 1 aromatic heterocycles. The highest BCUT2D eigenvalue weighted by atomic mass is 35.5. The Hall–Kier alpha value is -1.36. The Labute approximate surface area is 87.0 Å². The van der Waals surface area contributed by atoms with E-state index in [9.17, 15) is 0 Å². The molecule has 0 aliphatic rings. The van der Waals surface area contributed by atoms with Crippen LogP contribution in [0.1, 0.15) is 13.3 Å². The Kier molecular flexibility index (Phi) is 3.64. The van der Waals surface area contributed by atoms with Crippen molar-refractivity contribution in [3.05, 3.63) is 17.4 Å². The number of ether oxygens (including phenoxy) is 1. The fourth-order valence-corrected chi connectivity index (χ4v) is 0.886. The van der Waals surface area contributed by atoms with Crippen LogP contribution >= 0.6 is 11.6 Å². The number of hydrogen-bond acceptors (Lipinski definition) is 5. The lowest BCUT2D eigenvalue weighted by Crippen LogP contribution is -2.05. The quantitative estimate of drug-likeness (QED) is 0.768. The summed E-state index contributed by atoms with van der Waals surface area (Å²) in [5.41, 5.74) is 6.37. The van der Waals surface area contributed by atoms with Gasteiger partial charge in [-0.05, 0) is 18.5 Å². The van der Waals surface area contributed by atoms with E-state index in [2.05, 4.69) is 21.5 Å². The molecule has 0 aliphatic heterocycles. The predicted molar refractivity (Wildman–Crippen MR) is 54.2 cm³/mol. The van der Waals surface area contributed by atoms with Crippen LogP contribution in [0.5, 0.6) is 6.01 Å². The minimum Gasteiger partial charge on any atom is -0.463 e. The van der Waals surface area contributed by atoms with Gasteiger partial charge in [-0.3, -0.25) is 0 Å². The molecular formula is C8H11ClN4O. The van der Waals surface area contributed by atoms with Gasteiger partial charge in [0, 0.05) is 6.42 Å². The molecule has 0 amide bonds. The van der Waals surface area contributed by atoms with Crippen molar-refractivity contribution in [2.24, 2.45) is 0 Å². The number of nitrogens with two attached hydrogens (primary N) is 1. The van der Waals surface area contributed by atoms with Crippen LogP contribution in [0, 0.1) is 0 Å². The summed E-state index contributed by atoms with van der Waals surface area (Å²) in [6.07, 6.45) is 0.739. The Morgan fingerprint density at radius 1 is 1.50 bits per heavy atom. The van der Waals surface area contributed by atoms with E-state index in [1.807, 2.05) is 6.92 Å². The van der Waals surface area contributed by atoms with Gasteiger partial charge >= 0.3 is 6.01 Å². The largest absolute Gasteiger partial charge is 0.463 e. The first kappa shape index (κ1) is 10.7. The van der Waals surface area contributed by atoms with Gasteiger partial charge in [-0.2, -0.15) is 15.0 Å². The number of anilines is 1. The minimum absolute atomic E-state index is 0.0304. The first-order valence-corrected chi connectivity index (χ1v) is 4.40. The average Bonchev–Trinajstić information content (AvgIpc) is 2.01. The molecule has 76 valence electrons. The maximum atomic E-state index is 5.55. The van der Waals surface area contributed by atoms with Crippen LogP contribution in [-0.4, -0.2) is 21.6 Å². The second kappa shape index (κ2) is 4.76. The van der Waals surface area contributed by atoms with Gasteiger partial charge in [0.15, 0.2) is 0 Å². The lowest BCUT2D eigenvalue weighted by Gasteiger charge is -2.03. The van der Waals surface area contributed by atoms with Crippen LogP contribution in [0.2, 0.25) is 5.28 Å². The van der Waals surface area contributed by atoms with Crippen molar-refractivity contribution >= 4 is 17.5 Å². The minimum atomic E-state index is 0.0304. The highest BCUT2D eigenvalue weighted by Crippen LogP contribution is 2.09. The molecule has 0 aliphatic carbocycles. The van der Waals surface area contributed by atoms with Gasteiger partial charge < -0.3 is 10.5 Å². The van der Waals surface area contributed by atoms with Crippen molar-refractivity contribution < 1.29 is 4.74 Å². The highest BCUT2D eigenvalue weighted by molar-refractivity contribution is 6.28. The molecule has 2 N–H and O–H groups in total. The van der Waals surface area contributed by atoms with Crippen LogP contribution in [0.3, 0.4) is 0 Å². The molecule has 0 aromatic carbocycles. The Morgan fingerprint density at radius 2 is 2.21 bits per heavy atom. The zero-order valence-corrected chi connectivity index (χ0v) is 8.58. The average molecular weight is 215 g/mol. The second-order valence-corrected chi connectivity index (χ2v) is 3.14. The summed E-state index contributed by atoms with van der Waals surface area (Å²) >= 11 is 5.55. The van der Waals surface area contributed by atoms with Crippen LogP contribution in [0.15, 0.2) is 12.2 Å². The summed E-state index contributed by atoms with van der Waals surface area (Å²) in [5.74, 6) is 0.0512. The maximum absolute atomic E-state index is 5.55. The van der Waals surface area contributed by atoms with Crippen molar-refractivity contribution in [1.82, 2.24) is 15.0 Å². The van der Waals surface area contributed by atoms with Crippen molar-refractivity contribution in [2.75, 3.05) is 12.3 Å². The van der Waals surface area contributed by atoms with Crippen LogP contribution in [0.4, 0.5) is 5.95 Å². The molecule has 1 aromatic rings. The second-order valence-electron chi connectivity index (χ2n) is 2.80. The predicted octanol–water partition coefficient (Wildman–Crippen LogP) is 1.45. The van der Waals surface area contributed by atoms with Crippen molar-refractivity contribution in [1.29, 1.82) is 0 Å². The Morgan fingerprint density at radius 3 is 2.79 bits per heavy atom. The normalized spacial score (nSPS) is 9.86. The first-order valence-electron chi connectivity index (χ1n) is 4.02. The highest BCUT2D eigenvalue weighted by Gasteiger charge is 2.02. The van der Waals surface area contributed by atoms with Crippen molar-refractivity contribution in [2.45, 2.75) is 13.3 Å². The standard InChI is InChI=1S/C8H11ClN4O/c1-5(2)3-4-14-8-12-6(9)11-7(10)13-8/h1,3-4H2,2H3,(H2,10,11,12,13). The molecule has 0 radical (unpaired) electrons. The number of rotatable bonds is 4. The summed E-state index contributed by atoms with van der Waals surface area (Å²) in [6.45, 7) is 6.11. The van der Waals surface area contributed by atoms with Gasteiger partial charge in [0.05, 0.1) is 6.61 Å². The molecule has 0 spiro atoms. The summed E-state index contributed by atoms with van der Waals surface area (Å²) in [7, 11) is 0. The van der Waals surface area contributed by atoms with E-state index in [1.54, 1.807) is 0 Å².